The van der Waals surface area contributed by atoms with Crippen LogP contribution in [0.2, 0.25) is 0 Å². The third-order valence-corrected chi connectivity index (χ3v) is 6.06. The van der Waals surface area contributed by atoms with Gasteiger partial charge in [0.1, 0.15) is 0 Å². The maximum absolute atomic E-state index is 11.8. The summed E-state index contributed by atoms with van der Waals surface area (Å²) in [5, 5.41) is 11.8. The Morgan fingerprint density at radius 1 is 0.846 bits per heavy atom. The molecule has 1 aromatic carbocycles. The second-order valence-electron chi connectivity index (χ2n) is 7.63. The summed E-state index contributed by atoms with van der Waals surface area (Å²) in [5.74, 6) is 0.424. The molecule has 1 aromatic rings. The minimum absolute atomic E-state index is 0. The van der Waals surface area contributed by atoms with Crippen molar-refractivity contribution in [2.75, 3.05) is 19.6 Å². The minimum Gasteiger partial charge on any atom is -0.385 e. The number of likely N-dealkylation sites (tertiary alicyclic amines) is 1. The molecule has 0 spiro atoms. The summed E-state index contributed by atoms with van der Waals surface area (Å²) in [6.07, 6.45) is 12.5. The highest BCUT2D eigenvalue weighted by Crippen LogP contribution is 2.40. The van der Waals surface area contributed by atoms with E-state index in [0.29, 0.717) is 5.92 Å². The first-order valence-corrected chi connectivity index (χ1v) is 9.79. The van der Waals surface area contributed by atoms with Gasteiger partial charge in [0.15, 0.2) is 0 Å². The van der Waals surface area contributed by atoms with Gasteiger partial charge in [-0.1, -0.05) is 77.3 Å². The van der Waals surface area contributed by atoms with Gasteiger partial charge in [0.2, 0.25) is 0 Å². The lowest BCUT2D eigenvalue weighted by molar-refractivity contribution is -0.0472. The van der Waals surface area contributed by atoms with Crippen LogP contribution in [0, 0.1) is 5.92 Å². The fourth-order valence-electron chi connectivity index (χ4n) is 4.58. The molecule has 1 unspecified atom stereocenters. The predicted octanol–water partition coefficient (Wildman–Crippen LogP) is 6.41. The van der Waals surface area contributed by atoms with Gasteiger partial charge in [-0.15, -0.1) is 12.4 Å². The monoisotopic (exact) mass is 383 g/mol. The molecule has 0 amide bonds. The van der Waals surface area contributed by atoms with Crippen molar-refractivity contribution in [2.24, 2.45) is 5.92 Å². The Hall–Kier alpha value is -0.570. The molecule has 2 aliphatic rings. The number of halogens is 1. The molecular formula is C23H42ClNO. The number of rotatable bonds is 5. The maximum Gasteiger partial charge on any atom is 0.0936 e. The van der Waals surface area contributed by atoms with Crippen LogP contribution < -0.4 is 0 Å². The van der Waals surface area contributed by atoms with Gasteiger partial charge in [-0.05, 0) is 56.7 Å². The second-order valence-corrected chi connectivity index (χ2v) is 7.63. The molecule has 0 radical (unpaired) electrons. The highest BCUT2D eigenvalue weighted by atomic mass is 35.5. The lowest BCUT2D eigenvalue weighted by atomic mass is 9.73. The van der Waals surface area contributed by atoms with Crippen molar-refractivity contribution >= 4 is 12.4 Å². The van der Waals surface area contributed by atoms with Gasteiger partial charge in [0.25, 0.3) is 0 Å². The summed E-state index contributed by atoms with van der Waals surface area (Å²) in [4.78, 5) is 2.54. The molecule has 0 bridgehead atoms. The van der Waals surface area contributed by atoms with Crippen molar-refractivity contribution < 1.29 is 5.11 Å². The zero-order chi connectivity index (χ0) is 16.0. The van der Waals surface area contributed by atoms with Crippen LogP contribution in [0.1, 0.15) is 84.6 Å². The third kappa shape index (κ3) is 6.55. The van der Waals surface area contributed by atoms with Gasteiger partial charge in [-0.25, -0.2) is 0 Å². The summed E-state index contributed by atoms with van der Waals surface area (Å²) in [5.41, 5.74) is 0.506. The molecule has 1 atom stereocenters. The highest BCUT2D eigenvalue weighted by molar-refractivity contribution is 5.85. The summed E-state index contributed by atoms with van der Waals surface area (Å²) in [6, 6.07) is 10.5. The summed E-state index contributed by atoms with van der Waals surface area (Å²) in [6.45, 7) is 3.48. The Kier molecular flexibility index (Phi) is 12.5. The molecule has 0 aromatic heterocycles. The Bertz CT molecular complexity index is 453. The van der Waals surface area contributed by atoms with E-state index in [-0.39, 0.29) is 27.3 Å². The van der Waals surface area contributed by atoms with Crippen molar-refractivity contribution in [1.82, 2.24) is 4.90 Å². The molecule has 152 valence electrons. The zero-order valence-corrected chi connectivity index (χ0v) is 15.8. The van der Waals surface area contributed by atoms with E-state index in [1.54, 1.807) is 0 Å². The van der Waals surface area contributed by atoms with Crippen LogP contribution in [0.3, 0.4) is 0 Å². The first kappa shape index (κ1) is 25.4. The number of benzene rings is 1. The average molecular weight is 384 g/mol. The van der Waals surface area contributed by atoms with Crippen LogP contribution in [-0.2, 0) is 5.60 Å². The van der Waals surface area contributed by atoms with Crippen LogP contribution in [0.4, 0.5) is 0 Å². The molecule has 2 fully saturated rings. The Balaban J connectivity index is 0.00000208. The van der Waals surface area contributed by atoms with Crippen molar-refractivity contribution in [3.05, 3.63) is 35.9 Å². The van der Waals surface area contributed by atoms with E-state index < -0.39 is 5.60 Å². The van der Waals surface area contributed by atoms with E-state index in [4.69, 9.17) is 0 Å². The van der Waals surface area contributed by atoms with Crippen molar-refractivity contribution in [3.63, 3.8) is 0 Å². The van der Waals surface area contributed by atoms with E-state index >= 15 is 0 Å². The molecule has 1 saturated heterocycles. The van der Waals surface area contributed by atoms with Gasteiger partial charge in [0.05, 0.1) is 5.60 Å². The number of aliphatic hydroxyl groups is 1. The lowest BCUT2D eigenvalue weighted by Gasteiger charge is -2.39. The molecule has 1 heterocycles. The highest BCUT2D eigenvalue weighted by Gasteiger charge is 2.38. The fraction of sp³-hybridized carbons (Fsp3) is 0.739. The minimum atomic E-state index is -0.638. The van der Waals surface area contributed by atoms with Crippen LogP contribution >= 0.6 is 12.4 Å². The first-order chi connectivity index (χ1) is 11.3. The largest absolute Gasteiger partial charge is 0.385 e. The maximum atomic E-state index is 11.8. The third-order valence-electron chi connectivity index (χ3n) is 6.06. The molecule has 1 saturated carbocycles. The summed E-state index contributed by atoms with van der Waals surface area (Å²) >= 11 is 0. The average Bonchev–Trinajstić information content (AvgIpc) is 3.07. The molecule has 3 heteroatoms. The van der Waals surface area contributed by atoms with Crippen LogP contribution in [0.15, 0.2) is 30.3 Å². The zero-order valence-electron chi connectivity index (χ0n) is 15.0. The SMILES string of the molecule is C.C.Cl.OC(CCN1CCCC1)(c1ccccc1)C1CCCCCCC1. The number of hydrogen-bond acceptors (Lipinski definition) is 2. The first-order valence-electron chi connectivity index (χ1n) is 9.79. The molecular weight excluding hydrogens is 342 g/mol. The molecule has 2 nitrogen and oxygen atoms in total. The van der Waals surface area contributed by atoms with E-state index in [2.05, 4.69) is 35.2 Å². The van der Waals surface area contributed by atoms with Crippen LogP contribution in [-0.4, -0.2) is 29.6 Å². The summed E-state index contributed by atoms with van der Waals surface area (Å²) < 4.78 is 0. The van der Waals surface area contributed by atoms with Crippen molar-refractivity contribution in [3.8, 4) is 0 Å². The molecule has 1 aliphatic heterocycles. The molecule has 1 N–H and O–H groups in total. The van der Waals surface area contributed by atoms with E-state index in [9.17, 15) is 5.11 Å². The lowest BCUT2D eigenvalue weighted by Crippen LogP contribution is -2.39. The summed E-state index contributed by atoms with van der Waals surface area (Å²) in [7, 11) is 0. The van der Waals surface area contributed by atoms with Crippen LogP contribution in [0.25, 0.3) is 0 Å². The van der Waals surface area contributed by atoms with E-state index in [1.807, 2.05) is 0 Å². The second kappa shape index (κ2) is 12.8. The Labute approximate surface area is 168 Å². The number of nitrogens with zero attached hydrogens (tertiary/aromatic N) is 1. The van der Waals surface area contributed by atoms with Gasteiger partial charge < -0.3 is 10.0 Å². The fourth-order valence-corrected chi connectivity index (χ4v) is 4.58. The Morgan fingerprint density at radius 2 is 1.38 bits per heavy atom. The molecule has 26 heavy (non-hydrogen) atoms. The van der Waals surface area contributed by atoms with Gasteiger partial charge in [-0.2, -0.15) is 0 Å². The van der Waals surface area contributed by atoms with E-state index in [1.165, 1.54) is 70.9 Å². The number of hydrogen-bond donors (Lipinski definition) is 1. The smallest absolute Gasteiger partial charge is 0.0936 e. The topological polar surface area (TPSA) is 23.5 Å². The van der Waals surface area contributed by atoms with Crippen molar-refractivity contribution in [1.29, 1.82) is 0 Å². The van der Waals surface area contributed by atoms with Crippen molar-refractivity contribution in [2.45, 2.75) is 84.7 Å². The quantitative estimate of drug-likeness (QED) is 0.634. The van der Waals surface area contributed by atoms with Crippen LogP contribution in [0.5, 0.6) is 0 Å². The Morgan fingerprint density at radius 3 is 1.96 bits per heavy atom. The van der Waals surface area contributed by atoms with Gasteiger partial charge in [-0.3, -0.25) is 0 Å². The molecule has 1 aliphatic carbocycles. The molecule has 3 rings (SSSR count). The van der Waals surface area contributed by atoms with Gasteiger partial charge in [0, 0.05) is 6.54 Å². The predicted molar refractivity (Wildman–Crippen MR) is 117 cm³/mol. The normalized spacial score (nSPS) is 21.3. The van der Waals surface area contributed by atoms with E-state index in [0.717, 1.165) is 18.5 Å². The standard InChI is InChI=1S/C21H33NO.2CH4.ClH/c23-21(20-13-7-4-8-14-20,15-18-22-16-9-10-17-22)19-11-5-2-1-3-6-12-19;;;/h4,7-8,13-14,19,23H,1-3,5-6,9-12,15-18H2;2*1H4;1H. The van der Waals surface area contributed by atoms with Gasteiger partial charge >= 0.3 is 0 Å².